The number of urea groups is 1. The third-order valence-electron chi connectivity index (χ3n) is 6.45. The molecule has 15 heteroatoms. The lowest BCUT2D eigenvalue weighted by atomic mass is 10.0. The van der Waals surface area contributed by atoms with Crippen LogP contribution in [-0.4, -0.2) is 30.8 Å². The molecule has 1 aliphatic rings. The molecule has 9 nitrogen and oxygen atoms in total. The predicted octanol–water partition coefficient (Wildman–Crippen LogP) is 4.99. The standard InChI is InChI=1S/C26H20F5N5O4S/c1-25(2)23(37)36(16-8-7-14(12-32)17(9-16)26(29,30)31)24(38)35(25)13-15-5-3-4-6-20(15)34-21-10-19(28)22(11-18(21)27)41(33,39)40/h3-11,34H,13H2,1-2H3,(H2,33,39,40). The second-order valence-corrected chi connectivity index (χ2v) is 11.0. The molecule has 214 valence electrons. The van der Waals surface area contributed by atoms with E-state index in [0.29, 0.717) is 28.7 Å². The van der Waals surface area contributed by atoms with Crippen molar-refractivity contribution in [2.75, 3.05) is 10.2 Å². The fourth-order valence-corrected chi connectivity index (χ4v) is 4.87. The normalized spacial score (nSPS) is 15.3. The molecular formula is C26H20F5N5O4S. The number of benzene rings is 3. The van der Waals surface area contributed by atoms with Crippen LogP contribution in [0.15, 0.2) is 59.5 Å². The van der Waals surface area contributed by atoms with Crippen molar-refractivity contribution in [1.82, 2.24) is 4.90 Å². The number of hydrogen-bond acceptors (Lipinski definition) is 6. The number of carbonyl (C=O) groups is 2. The molecule has 0 aromatic heterocycles. The molecule has 0 aliphatic carbocycles. The molecule has 1 heterocycles. The summed E-state index contributed by atoms with van der Waals surface area (Å²) < 4.78 is 92.6. The Morgan fingerprint density at radius 3 is 2.27 bits per heavy atom. The van der Waals surface area contributed by atoms with Crippen molar-refractivity contribution in [1.29, 1.82) is 5.26 Å². The molecule has 3 amide bonds. The van der Waals surface area contributed by atoms with Gasteiger partial charge in [-0.2, -0.15) is 18.4 Å². The van der Waals surface area contributed by atoms with Gasteiger partial charge in [-0.25, -0.2) is 32.0 Å². The maximum Gasteiger partial charge on any atom is 0.417 e. The van der Waals surface area contributed by atoms with E-state index in [-0.39, 0.29) is 17.9 Å². The molecule has 0 bridgehead atoms. The molecule has 41 heavy (non-hydrogen) atoms. The Kier molecular flexibility index (Phi) is 7.27. The molecule has 0 spiro atoms. The van der Waals surface area contributed by atoms with Gasteiger partial charge in [-0.3, -0.25) is 4.79 Å². The molecule has 1 fully saturated rings. The first-order valence-corrected chi connectivity index (χ1v) is 13.2. The number of nitrogens with two attached hydrogens (primary N) is 1. The van der Waals surface area contributed by atoms with Crippen LogP contribution < -0.4 is 15.4 Å². The van der Waals surface area contributed by atoms with Crippen molar-refractivity contribution in [3.63, 3.8) is 0 Å². The third-order valence-corrected chi connectivity index (χ3v) is 7.38. The molecule has 4 rings (SSSR count). The summed E-state index contributed by atoms with van der Waals surface area (Å²) in [6.07, 6.45) is -4.92. The van der Waals surface area contributed by atoms with E-state index in [1.54, 1.807) is 6.07 Å². The monoisotopic (exact) mass is 593 g/mol. The van der Waals surface area contributed by atoms with E-state index >= 15 is 0 Å². The number of rotatable bonds is 6. The first-order chi connectivity index (χ1) is 19.0. The minimum Gasteiger partial charge on any atom is -0.353 e. The Morgan fingerprint density at radius 2 is 1.66 bits per heavy atom. The van der Waals surface area contributed by atoms with Crippen LogP contribution in [0.25, 0.3) is 0 Å². The maximum absolute atomic E-state index is 14.7. The van der Waals surface area contributed by atoms with Gasteiger partial charge in [0.1, 0.15) is 22.1 Å². The number of anilines is 3. The number of hydrogen-bond donors (Lipinski definition) is 2. The number of sulfonamides is 1. The Balaban J connectivity index is 1.69. The molecule has 1 aliphatic heterocycles. The summed E-state index contributed by atoms with van der Waals surface area (Å²) in [5.74, 6) is -3.30. The van der Waals surface area contributed by atoms with Gasteiger partial charge >= 0.3 is 12.2 Å². The second-order valence-electron chi connectivity index (χ2n) is 9.50. The number of carbonyl (C=O) groups excluding carboxylic acids is 2. The zero-order valence-electron chi connectivity index (χ0n) is 21.3. The van der Waals surface area contributed by atoms with Gasteiger partial charge < -0.3 is 10.2 Å². The zero-order valence-corrected chi connectivity index (χ0v) is 22.1. The minimum atomic E-state index is -4.92. The number of imide groups is 1. The van der Waals surface area contributed by atoms with Gasteiger partial charge in [0.25, 0.3) is 5.91 Å². The van der Waals surface area contributed by atoms with Gasteiger partial charge in [0.2, 0.25) is 10.0 Å². The minimum absolute atomic E-state index is 0.154. The van der Waals surface area contributed by atoms with Crippen LogP contribution >= 0.6 is 0 Å². The molecule has 3 aromatic rings. The first kappa shape index (κ1) is 29.4. The van der Waals surface area contributed by atoms with Gasteiger partial charge in [0, 0.05) is 11.8 Å². The van der Waals surface area contributed by atoms with Crippen LogP contribution in [0.4, 0.5) is 43.8 Å². The summed E-state index contributed by atoms with van der Waals surface area (Å²) in [5.41, 5.74) is -3.93. The van der Waals surface area contributed by atoms with E-state index < -0.39 is 67.0 Å². The van der Waals surface area contributed by atoms with Crippen molar-refractivity contribution < 1.29 is 40.0 Å². The summed E-state index contributed by atoms with van der Waals surface area (Å²) in [4.78, 5) is 27.3. The number of amides is 3. The smallest absolute Gasteiger partial charge is 0.353 e. The van der Waals surface area contributed by atoms with Crippen LogP contribution in [0, 0.1) is 23.0 Å². The predicted molar refractivity (Wildman–Crippen MR) is 136 cm³/mol. The lowest BCUT2D eigenvalue weighted by Gasteiger charge is -2.28. The van der Waals surface area contributed by atoms with Gasteiger partial charge in [-0.05, 0) is 49.7 Å². The molecule has 0 unspecified atom stereocenters. The average molecular weight is 594 g/mol. The highest BCUT2D eigenvalue weighted by atomic mass is 32.2. The fraction of sp³-hybridized carbons (Fsp3) is 0.192. The van der Waals surface area contributed by atoms with Crippen molar-refractivity contribution >= 4 is 39.0 Å². The number of nitrogens with zero attached hydrogens (tertiary/aromatic N) is 3. The Morgan fingerprint density at radius 1 is 1.00 bits per heavy atom. The van der Waals surface area contributed by atoms with Gasteiger partial charge in [0.05, 0.1) is 35.1 Å². The maximum atomic E-state index is 14.7. The van der Waals surface area contributed by atoms with Crippen LogP contribution in [0.1, 0.15) is 30.5 Å². The Labute approximate surface area is 230 Å². The van der Waals surface area contributed by atoms with Gasteiger partial charge in [0.15, 0.2) is 0 Å². The Bertz CT molecular complexity index is 1730. The molecular weight excluding hydrogens is 573 g/mol. The zero-order chi connectivity index (χ0) is 30.5. The second kappa shape index (κ2) is 10.1. The van der Waals surface area contributed by atoms with E-state index in [1.165, 1.54) is 38.1 Å². The summed E-state index contributed by atoms with van der Waals surface area (Å²) in [6.45, 7) is 2.48. The van der Waals surface area contributed by atoms with Crippen LogP contribution in [0.2, 0.25) is 0 Å². The highest BCUT2D eigenvalue weighted by Crippen LogP contribution is 2.39. The van der Waals surface area contributed by atoms with Crippen LogP contribution in [0.3, 0.4) is 0 Å². The van der Waals surface area contributed by atoms with Crippen molar-refractivity contribution in [3.8, 4) is 6.07 Å². The molecule has 0 atom stereocenters. The fourth-order valence-electron chi connectivity index (χ4n) is 4.27. The summed E-state index contributed by atoms with van der Waals surface area (Å²) in [7, 11) is -4.54. The van der Waals surface area contributed by atoms with Crippen LogP contribution in [-0.2, 0) is 27.5 Å². The third kappa shape index (κ3) is 5.43. The highest BCUT2D eigenvalue weighted by molar-refractivity contribution is 7.89. The van der Waals surface area contributed by atoms with Gasteiger partial charge in [-0.1, -0.05) is 18.2 Å². The topological polar surface area (TPSA) is 137 Å². The number of nitrogens with one attached hydrogen (secondary N) is 1. The van der Waals surface area contributed by atoms with E-state index in [9.17, 15) is 40.0 Å². The van der Waals surface area contributed by atoms with Crippen molar-refractivity contribution in [2.45, 2.75) is 37.0 Å². The van der Waals surface area contributed by atoms with E-state index in [1.807, 2.05) is 0 Å². The summed E-state index contributed by atoms with van der Waals surface area (Å²) in [6, 6.07) is 9.99. The molecule has 0 saturated carbocycles. The lowest BCUT2D eigenvalue weighted by molar-refractivity contribution is -0.137. The van der Waals surface area contributed by atoms with Crippen molar-refractivity contribution in [2.24, 2.45) is 5.14 Å². The quantitative estimate of drug-likeness (QED) is 0.305. The Hall–Kier alpha value is -4.55. The number of alkyl halides is 3. The molecule has 0 radical (unpaired) electrons. The summed E-state index contributed by atoms with van der Waals surface area (Å²) >= 11 is 0. The summed E-state index contributed by atoms with van der Waals surface area (Å²) in [5, 5.41) is 16.6. The van der Waals surface area contributed by atoms with Crippen LogP contribution in [0.5, 0.6) is 0 Å². The number of nitriles is 1. The first-order valence-electron chi connectivity index (χ1n) is 11.6. The highest BCUT2D eigenvalue weighted by Gasteiger charge is 2.52. The van der Waals surface area contributed by atoms with E-state index in [2.05, 4.69) is 5.32 Å². The molecule has 3 N–H and O–H groups in total. The molecule has 3 aromatic carbocycles. The number of halogens is 5. The number of para-hydroxylation sites is 1. The SMILES string of the molecule is CC1(C)C(=O)N(c2ccc(C#N)c(C(F)(F)F)c2)C(=O)N1Cc1ccccc1Nc1cc(F)c(S(N)(=O)=O)cc1F. The average Bonchev–Trinajstić information content (AvgIpc) is 3.04. The van der Waals surface area contributed by atoms with E-state index in [4.69, 9.17) is 10.4 Å². The lowest BCUT2D eigenvalue weighted by Crippen LogP contribution is -2.43. The molecule has 1 saturated heterocycles. The van der Waals surface area contributed by atoms with E-state index in [0.717, 1.165) is 17.0 Å². The number of primary sulfonamides is 1. The van der Waals surface area contributed by atoms with Gasteiger partial charge in [-0.15, -0.1) is 0 Å². The largest absolute Gasteiger partial charge is 0.417 e. The van der Waals surface area contributed by atoms with Crippen molar-refractivity contribution in [3.05, 3.63) is 82.9 Å².